The molecule has 0 aliphatic carbocycles. The van der Waals surface area contributed by atoms with Gasteiger partial charge in [0.05, 0.1) is 6.20 Å². The first kappa shape index (κ1) is 15.1. The Morgan fingerprint density at radius 2 is 2.00 bits per heavy atom. The van der Waals surface area contributed by atoms with Gasteiger partial charge in [-0.2, -0.15) is 5.10 Å². The summed E-state index contributed by atoms with van der Waals surface area (Å²) in [6.45, 7) is 3.83. The van der Waals surface area contributed by atoms with Crippen molar-refractivity contribution in [3.05, 3.63) is 65.9 Å². The van der Waals surface area contributed by atoms with E-state index in [1.165, 1.54) is 0 Å². The van der Waals surface area contributed by atoms with Crippen molar-refractivity contribution < 1.29 is 4.79 Å². The minimum Gasteiger partial charge on any atom is -0.345 e. The molecule has 124 valence electrons. The van der Waals surface area contributed by atoms with E-state index in [9.17, 15) is 4.79 Å². The van der Waals surface area contributed by atoms with Gasteiger partial charge in [0.15, 0.2) is 5.65 Å². The molecule has 0 aliphatic rings. The summed E-state index contributed by atoms with van der Waals surface area (Å²) in [6.07, 6.45) is 5.02. The number of benzene rings is 1. The lowest BCUT2D eigenvalue weighted by atomic mass is 10.2. The Balaban J connectivity index is 1.60. The summed E-state index contributed by atoms with van der Waals surface area (Å²) < 4.78 is 1.67. The van der Waals surface area contributed by atoms with Crippen LogP contribution in [0.1, 0.15) is 21.7 Å². The first-order valence-electron chi connectivity index (χ1n) is 7.85. The molecule has 25 heavy (non-hydrogen) atoms. The molecule has 0 spiro atoms. The van der Waals surface area contributed by atoms with E-state index in [2.05, 4.69) is 25.4 Å². The predicted octanol–water partition coefficient (Wildman–Crippen LogP) is 2.99. The zero-order valence-electron chi connectivity index (χ0n) is 13.8. The molecule has 0 aliphatic heterocycles. The fraction of sp³-hybridized carbons (Fsp3) is 0.111. The second-order valence-electron chi connectivity index (χ2n) is 5.80. The van der Waals surface area contributed by atoms with E-state index < -0.39 is 0 Å². The summed E-state index contributed by atoms with van der Waals surface area (Å²) in [5, 5.41) is 7.14. The molecule has 0 saturated heterocycles. The highest BCUT2D eigenvalue weighted by Crippen LogP contribution is 2.19. The largest absolute Gasteiger partial charge is 0.345 e. The second-order valence-corrected chi connectivity index (χ2v) is 5.80. The van der Waals surface area contributed by atoms with Gasteiger partial charge in [0.2, 0.25) is 0 Å². The molecule has 3 aromatic heterocycles. The topological polar surface area (TPSA) is 88.0 Å². The first-order valence-corrected chi connectivity index (χ1v) is 7.85. The molecular weight excluding hydrogens is 316 g/mol. The Morgan fingerprint density at radius 3 is 2.72 bits per heavy atom. The number of aromatic amines is 1. The minimum atomic E-state index is -0.238. The lowest BCUT2D eigenvalue weighted by Crippen LogP contribution is -2.12. The van der Waals surface area contributed by atoms with E-state index in [0.29, 0.717) is 16.9 Å². The summed E-state index contributed by atoms with van der Waals surface area (Å²) in [6, 6.07) is 9.40. The van der Waals surface area contributed by atoms with Gasteiger partial charge in [0, 0.05) is 35.0 Å². The fourth-order valence-electron chi connectivity index (χ4n) is 2.76. The van der Waals surface area contributed by atoms with Crippen LogP contribution in [0.25, 0.3) is 17.0 Å². The number of aryl methyl sites for hydroxylation is 2. The average Bonchev–Trinajstić information content (AvgIpc) is 3.25. The smallest absolute Gasteiger partial charge is 0.261 e. The Bertz CT molecular complexity index is 1050. The van der Waals surface area contributed by atoms with Crippen LogP contribution in [0.2, 0.25) is 0 Å². The molecule has 1 aromatic carbocycles. The number of carbonyl (C=O) groups is 1. The zero-order chi connectivity index (χ0) is 17.4. The van der Waals surface area contributed by atoms with Crippen LogP contribution in [0.5, 0.6) is 0 Å². The Kier molecular flexibility index (Phi) is 3.53. The van der Waals surface area contributed by atoms with Crippen LogP contribution in [0.4, 0.5) is 5.69 Å². The molecule has 0 radical (unpaired) electrons. The van der Waals surface area contributed by atoms with Crippen molar-refractivity contribution in [2.75, 3.05) is 5.32 Å². The van der Waals surface area contributed by atoms with E-state index in [0.717, 1.165) is 22.8 Å². The van der Waals surface area contributed by atoms with Gasteiger partial charge in [-0.3, -0.25) is 4.79 Å². The molecule has 0 saturated carbocycles. The van der Waals surface area contributed by atoms with Crippen molar-refractivity contribution in [1.82, 2.24) is 24.6 Å². The van der Waals surface area contributed by atoms with Crippen molar-refractivity contribution >= 4 is 17.2 Å². The van der Waals surface area contributed by atoms with Gasteiger partial charge in [0.1, 0.15) is 11.4 Å². The monoisotopic (exact) mass is 332 g/mol. The lowest BCUT2D eigenvalue weighted by Gasteiger charge is -2.06. The van der Waals surface area contributed by atoms with Gasteiger partial charge in [-0.1, -0.05) is 0 Å². The lowest BCUT2D eigenvalue weighted by molar-refractivity contribution is 0.102. The number of nitrogens with zero attached hydrogens (tertiary/aromatic N) is 4. The van der Waals surface area contributed by atoms with Crippen LogP contribution >= 0.6 is 0 Å². The highest BCUT2D eigenvalue weighted by atomic mass is 16.1. The molecule has 3 heterocycles. The van der Waals surface area contributed by atoms with Crippen LogP contribution in [-0.2, 0) is 0 Å². The molecule has 7 nitrogen and oxygen atoms in total. The molecule has 2 N–H and O–H groups in total. The van der Waals surface area contributed by atoms with E-state index in [-0.39, 0.29) is 5.91 Å². The molecule has 4 aromatic rings. The number of hydrogen-bond acceptors (Lipinski definition) is 4. The SMILES string of the molecule is Cc1cc(C)n2ncc(C(=O)Nc3ccc(-c4ncc[nH]4)cc3)c2n1. The maximum atomic E-state index is 12.6. The molecular formula is C18H16N6O. The maximum Gasteiger partial charge on any atom is 0.261 e. The Morgan fingerprint density at radius 1 is 1.20 bits per heavy atom. The Hall–Kier alpha value is -3.48. The van der Waals surface area contributed by atoms with Gasteiger partial charge in [-0.25, -0.2) is 14.5 Å². The summed E-state index contributed by atoms with van der Waals surface area (Å²) in [5.41, 5.74) is 4.44. The van der Waals surface area contributed by atoms with Crippen LogP contribution in [0.3, 0.4) is 0 Å². The van der Waals surface area contributed by atoms with E-state index in [1.807, 2.05) is 44.2 Å². The van der Waals surface area contributed by atoms with Crippen molar-refractivity contribution in [3.63, 3.8) is 0 Å². The molecule has 0 fully saturated rings. The third-order valence-corrected chi connectivity index (χ3v) is 3.94. The standard InChI is InChI=1S/C18H16N6O/c1-11-9-12(2)24-17(22-11)15(10-21-24)18(25)23-14-5-3-13(4-6-14)16-19-7-8-20-16/h3-10H,1-2H3,(H,19,20)(H,23,25). The van der Waals surface area contributed by atoms with Crippen molar-refractivity contribution in [2.24, 2.45) is 0 Å². The van der Waals surface area contributed by atoms with Gasteiger partial charge < -0.3 is 10.3 Å². The Labute approximate surface area is 143 Å². The van der Waals surface area contributed by atoms with Crippen molar-refractivity contribution in [3.8, 4) is 11.4 Å². The van der Waals surface area contributed by atoms with E-state index in [1.54, 1.807) is 23.1 Å². The first-order chi connectivity index (χ1) is 12.1. The number of anilines is 1. The van der Waals surface area contributed by atoms with Crippen molar-refractivity contribution in [2.45, 2.75) is 13.8 Å². The number of H-pyrrole nitrogens is 1. The third-order valence-electron chi connectivity index (χ3n) is 3.94. The van der Waals surface area contributed by atoms with Gasteiger partial charge in [0.25, 0.3) is 5.91 Å². The van der Waals surface area contributed by atoms with Crippen molar-refractivity contribution in [1.29, 1.82) is 0 Å². The van der Waals surface area contributed by atoms with Crippen LogP contribution in [0, 0.1) is 13.8 Å². The number of fused-ring (bicyclic) bond motifs is 1. The zero-order valence-corrected chi connectivity index (χ0v) is 13.8. The summed E-state index contributed by atoms with van der Waals surface area (Å²) in [5.74, 6) is 0.550. The number of hydrogen-bond donors (Lipinski definition) is 2. The summed E-state index contributed by atoms with van der Waals surface area (Å²) >= 11 is 0. The van der Waals surface area contributed by atoms with Crippen LogP contribution < -0.4 is 5.32 Å². The number of aromatic nitrogens is 5. The van der Waals surface area contributed by atoms with Gasteiger partial charge >= 0.3 is 0 Å². The van der Waals surface area contributed by atoms with E-state index in [4.69, 9.17) is 0 Å². The number of imidazole rings is 1. The van der Waals surface area contributed by atoms with Crippen LogP contribution in [0.15, 0.2) is 48.9 Å². The maximum absolute atomic E-state index is 12.6. The number of amides is 1. The quantitative estimate of drug-likeness (QED) is 0.604. The highest BCUT2D eigenvalue weighted by Gasteiger charge is 2.15. The summed E-state index contributed by atoms with van der Waals surface area (Å²) in [4.78, 5) is 24.3. The number of nitrogens with one attached hydrogen (secondary N) is 2. The van der Waals surface area contributed by atoms with E-state index >= 15 is 0 Å². The third kappa shape index (κ3) is 2.76. The predicted molar refractivity (Wildman–Crippen MR) is 94.4 cm³/mol. The molecule has 0 unspecified atom stereocenters. The molecule has 0 atom stereocenters. The second kappa shape index (κ2) is 5.86. The average molecular weight is 332 g/mol. The molecule has 1 amide bonds. The minimum absolute atomic E-state index is 0.238. The van der Waals surface area contributed by atoms with Gasteiger partial charge in [-0.05, 0) is 44.2 Å². The van der Waals surface area contributed by atoms with Gasteiger partial charge in [-0.15, -0.1) is 0 Å². The normalized spacial score (nSPS) is 11.0. The fourth-order valence-corrected chi connectivity index (χ4v) is 2.76. The molecule has 4 rings (SSSR count). The molecule has 7 heteroatoms. The number of rotatable bonds is 3. The highest BCUT2D eigenvalue weighted by molar-refractivity contribution is 6.08. The van der Waals surface area contributed by atoms with Crippen LogP contribution in [-0.4, -0.2) is 30.5 Å². The molecule has 0 bridgehead atoms. The summed E-state index contributed by atoms with van der Waals surface area (Å²) in [7, 11) is 0. The number of carbonyl (C=O) groups excluding carboxylic acids is 1.